The molecule has 2 aromatic heterocycles. The molecule has 18 heavy (non-hydrogen) atoms. The number of rotatable bonds is 5. The van der Waals surface area contributed by atoms with Gasteiger partial charge in [-0.05, 0) is 13.0 Å². The van der Waals surface area contributed by atoms with Crippen molar-refractivity contribution < 1.29 is 4.79 Å². The average Bonchev–Trinajstić information content (AvgIpc) is 2.97. The van der Waals surface area contributed by atoms with Gasteiger partial charge in [-0.1, -0.05) is 6.92 Å². The smallest absolute Gasteiger partial charge is 0.225 e. The molecule has 1 atom stereocenters. The van der Waals surface area contributed by atoms with Gasteiger partial charge in [0.05, 0.1) is 29.7 Å². The Kier molecular flexibility index (Phi) is 4.09. The van der Waals surface area contributed by atoms with E-state index < -0.39 is 0 Å². The van der Waals surface area contributed by atoms with Crippen LogP contribution >= 0.6 is 11.3 Å². The Morgan fingerprint density at radius 2 is 2.44 bits per heavy atom. The normalized spacial score (nSPS) is 12.3. The van der Waals surface area contributed by atoms with Crippen LogP contribution in [-0.2, 0) is 17.9 Å². The summed E-state index contributed by atoms with van der Waals surface area (Å²) in [4.78, 5) is 16.2. The monoisotopic (exact) mass is 264 g/mol. The predicted molar refractivity (Wildman–Crippen MR) is 70.1 cm³/mol. The largest absolute Gasteiger partial charge is 0.350 e. The van der Waals surface area contributed by atoms with Crippen molar-refractivity contribution >= 4 is 17.2 Å². The van der Waals surface area contributed by atoms with Crippen LogP contribution in [0.25, 0.3) is 0 Å². The Balaban J connectivity index is 1.80. The van der Waals surface area contributed by atoms with Crippen LogP contribution in [0.1, 0.15) is 17.6 Å². The van der Waals surface area contributed by atoms with Crippen molar-refractivity contribution in [1.82, 2.24) is 20.1 Å². The van der Waals surface area contributed by atoms with E-state index in [2.05, 4.69) is 15.4 Å². The fourth-order valence-corrected chi connectivity index (χ4v) is 2.23. The molecule has 0 aromatic carbocycles. The van der Waals surface area contributed by atoms with E-state index in [1.807, 2.05) is 31.5 Å². The molecule has 96 valence electrons. The molecular weight excluding hydrogens is 248 g/mol. The van der Waals surface area contributed by atoms with Crippen LogP contribution in [0.2, 0.25) is 0 Å². The highest BCUT2D eigenvalue weighted by Gasteiger charge is 2.13. The van der Waals surface area contributed by atoms with Crippen LogP contribution in [-0.4, -0.2) is 20.7 Å². The highest BCUT2D eigenvalue weighted by Crippen LogP contribution is 2.08. The van der Waals surface area contributed by atoms with Gasteiger partial charge in [0, 0.05) is 17.8 Å². The Labute approximate surface area is 110 Å². The lowest BCUT2D eigenvalue weighted by Gasteiger charge is -2.11. The summed E-state index contributed by atoms with van der Waals surface area (Å²) in [6, 6.07) is 1.85. The predicted octanol–water partition coefficient (Wildman–Crippen LogP) is 1.60. The van der Waals surface area contributed by atoms with Crippen molar-refractivity contribution in [3.05, 3.63) is 34.5 Å². The van der Waals surface area contributed by atoms with Crippen molar-refractivity contribution in [2.24, 2.45) is 5.92 Å². The standard InChI is InChI=1S/C12H16N4OS/c1-9(7-16-5-3-4-14-16)12(17)13-6-11-8-18-10(2)15-11/h3-5,8-9H,6-7H2,1-2H3,(H,13,17)/t9-/m1/s1. The minimum atomic E-state index is -0.107. The highest BCUT2D eigenvalue weighted by atomic mass is 32.1. The van der Waals surface area contributed by atoms with E-state index in [9.17, 15) is 4.79 Å². The first kappa shape index (κ1) is 12.8. The third-order valence-electron chi connectivity index (χ3n) is 2.58. The van der Waals surface area contributed by atoms with Gasteiger partial charge in [-0.3, -0.25) is 9.48 Å². The van der Waals surface area contributed by atoms with Crippen LogP contribution < -0.4 is 5.32 Å². The first-order chi connectivity index (χ1) is 8.65. The lowest BCUT2D eigenvalue weighted by atomic mass is 10.1. The molecule has 0 aliphatic heterocycles. The van der Waals surface area contributed by atoms with Crippen molar-refractivity contribution in [1.29, 1.82) is 0 Å². The number of thiazole rings is 1. The van der Waals surface area contributed by atoms with Crippen molar-refractivity contribution in [3.63, 3.8) is 0 Å². The molecule has 2 heterocycles. The minimum absolute atomic E-state index is 0.0242. The van der Waals surface area contributed by atoms with E-state index in [0.717, 1.165) is 10.7 Å². The summed E-state index contributed by atoms with van der Waals surface area (Å²) in [5, 5.41) is 9.96. The summed E-state index contributed by atoms with van der Waals surface area (Å²) in [6.45, 7) is 4.93. The second kappa shape index (κ2) is 5.77. The molecule has 0 aliphatic carbocycles. The molecule has 0 unspecified atom stereocenters. The average molecular weight is 264 g/mol. The molecule has 0 fully saturated rings. The summed E-state index contributed by atoms with van der Waals surface area (Å²) < 4.78 is 1.76. The molecule has 6 heteroatoms. The zero-order chi connectivity index (χ0) is 13.0. The quantitative estimate of drug-likeness (QED) is 0.892. The fourth-order valence-electron chi connectivity index (χ4n) is 1.61. The van der Waals surface area contributed by atoms with E-state index in [0.29, 0.717) is 13.1 Å². The third-order valence-corrected chi connectivity index (χ3v) is 3.40. The van der Waals surface area contributed by atoms with Gasteiger partial charge in [0.25, 0.3) is 0 Å². The van der Waals surface area contributed by atoms with Crippen LogP contribution in [0.15, 0.2) is 23.8 Å². The van der Waals surface area contributed by atoms with E-state index in [-0.39, 0.29) is 11.8 Å². The van der Waals surface area contributed by atoms with Crippen molar-refractivity contribution in [3.8, 4) is 0 Å². The van der Waals surface area contributed by atoms with Crippen LogP contribution in [0.3, 0.4) is 0 Å². The Morgan fingerprint density at radius 1 is 1.61 bits per heavy atom. The molecular formula is C12H16N4OS. The Morgan fingerprint density at radius 3 is 3.06 bits per heavy atom. The van der Waals surface area contributed by atoms with E-state index in [1.165, 1.54) is 0 Å². The maximum absolute atomic E-state index is 11.9. The fraction of sp³-hybridized carbons (Fsp3) is 0.417. The molecule has 0 saturated heterocycles. The van der Waals surface area contributed by atoms with Gasteiger partial charge in [-0.25, -0.2) is 4.98 Å². The van der Waals surface area contributed by atoms with Gasteiger partial charge in [0.15, 0.2) is 0 Å². The Hall–Kier alpha value is -1.69. The number of carbonyl (C=O) groups excluding carboxylic acids is 1. The topological polar surface area (TPSA) is 59.8 Å². The maximum atomic E-state index is 11.9. The first-order valence-corrected chi connectivity index (χ1v) is 6.69. The van der Waals surface area contributed by atoms with Crippen LogP contribution in [0, 0.1) is 12.8 Å². The molecule has 1 N–H and O–H groups in total. The van der Waals surface area contributed by atoms with Gasteiger partial charge < -0.3 is 5.32 Å². The molecule has 5 nitrogen and oxygen atoms in total. The second-order valence-corrected chi connectivity index (χ2v) is 5.27. The summed E-state index contributed by atoms with van der Waals surface area (Å²) in [6.07, 6.45) is 3.57. The van der Waals surface area contributed by atoms with Crippen LogP contribution in [0.4, 0.5) is 0 Å². The number of nitrogens with one attached hydrogen (secondary N) is 1. The first-order valence-electron chi connectivity index (χ1n) is 5.81. The van der Waals surface area contributed by atoms with Crippen LogP contribution in [0.5, 0.6) is 0 Å². The lowest BCUT2D eigenvalue weighted by Crippen LogP contribution is -2.31. The number of hydrogen-bond donors (Lipinski definition) is 1. The van der Waals surface area contributed by atoms with E-state index in [4.69, 9.17) is 0 Å². The zero-order valence-electron chi connectivity index (χ0n) is 10.5. The zero-order valence-corrected chi connectivity index (χ0v) is 11.3. The molecule has 0 bridgehead atoms. The number of aryl methyl sites for hydroxylation is 1. The van der Waals surface area contributed by atoms with Crippen molar-refractivity contribution in [2.45, 2.75) is 26.9 Å². The summed E-state index contributed by atoms with van der Waals surface area (Å²) in [5.74, 6) is -0.0826. The molecule has 2 aromatic rings. The minimum Gasteiger partial charge on any atom is -0.350 e. The maximum Gasteiger partial charge on any atom is 0.225 e. The van der Waals surface area contributed by atoms with Gasteiger partial charge >= 0.3 is 0 Å². The lowest BCUT2D eigenvalue weighted by molar-refractivity contribution is -0.125. The number of hydrogen-bond acceptors (Lipinski definition) is 4. The van der Waals surface area contributed by atoms with E-state index in [1.54, 1.807) is 22.2 Å². The number of nitrogens with zero attached hydrogens (tertiary/aromatic N) is 3. The molecule has 0 aliphatic rings. The SMILES string of the molecule is Cc1nc(CNC(=O)[C@H](C)Cn2cccn2)cs1. The van der Waals surface area contributed by atoms with Gasteiger partial charge in [0.1, 0.15) is 0 Å². The number of amides is 1. The second-order valence-electron chi connectivity index (χ2n) is 4.20. The Bertz CT molecular complexity index is 506. The number of aromatic nitrogens is 3. The molecule has 0 spiro atoms. The summed E-state index contributed by atoms with van der Waals surface area (Å²) >= 11 is 1.59. The summed E-state index contributed by atoms with van der Waals surface area (Å²) in [5.41, 5.74) is 0.914. The highest BCUT2D eigenvalue weighted by molar-refractivity contribution is 7.09. The van der Waals surface area contributed by atoms with E-state index >= 15 is 0 Å². The molecule has 0 saturated carbocycles. The molecule has 1 amide bonds. The van der Waals surface area contributed by atoms with Gasteiger partial charge in [-0.15, -0.1) is 11.3 Å². The van der Waals surface area contributed by atoms with Gasteiger partial charge in [-0.2, -0.15) is 5.10 Å². The molecule has 2 rings (SSSR count). The third kappa shape index (κ3) is 3.40. The number of carbonyl (C=O) groups is 1. The summed E-state index contributed by atoms with van der Waals surface area (Å²) in [7, 11) is 0. The van der Waals surface area contributed by atoms with Gasteiger partial charge in [0.2, 0.25) is 5.91 Å². The van der Waals surface area contributed by atoms with Crippen molar-refractivity contribution in [2.75, 3.05) is 0 Å². The molecule has 0 radical (unpaired) electrons.